The number of fused-ring (bicyclic) bond motifs is 5. The van der Waals surface area contributed by atoms with Gasteiger partial charge in [-0.2, -0.15) is 0 Å². The first-order valence-electron chi connectivity index (χ1n) is 20.2. The molecule has 4 amide bonds. The summed E-state index contributed by atoms with van der Waals surface area (Å²) in [6.45, 7) is 3.84. The van der Waals surface area contributed by atoms with Crippen molar-refractivity contribution >= 4 is 44.9 Å². The molecule has 2 aliphatic heterocycles. The van der Waals surface area contributed by atoms with Crippen molar-refractivity contribution in [3.05, 3.63) is 42.6 Å². The van der Waals surface area contributed by atoms with Gasteiger partial charge in [-0.15, -0.1) is 6.58 Å². The van der Waals surface area contributed by atoms with Gasteiger partial charge < -0.3 is 25.0 Å². The molecule has 15 heteroatoms. The number of hydrogen-bond donors (Lipinski definition) is 3. The van der Waals surface area contributed by atoms with Crippen molar-refractivity contribution in [3.8, 4) is 5.88 Å². The number of carbonyl (C=O) groups excluding carboxylic acids is 4. The molecule has 6 aliphatic rings. The molecule has 1 aromatic heterocycles. The van der Waals surface area contributed by atoms with E-state index in [2.05, 4.69) is 21.9 Å². The molecule has 3 N–H and O–H groups in total. The molecular weight excluding hydrogens is 725 g/mol. The van der Waals surface area contributed by atoms with Gasteiger partial charge in [-0.25, -0.2) is 23.2 Å². The quantitative estimate of drug-likeness (QED) is 0.344. The van der Waals surface area contributed by atoms with Crippen molar-refractivity contribution in [2.75, 3.05) is 6.54 Å². The van der Waals surface area contributed by atoms with Crippen molar-refractivity contribution < 1.29 is 37.1 Å². The minimum Gasteiger partial charge on any atom is -0.471 e. The van der Waals surface area contributed by atoms with Crippen LogP contribution in [0.15, 0.2) is 36.9 Å². The van der Waals surface area contributed by atoms with E-state index in [1.807, 2.05) is 24.3 Å². The van der Waals surface area contributed by atoms with Gasteiger partial charge in [0.05, 0.1) is 22.8 Å². The Balaban J connectivity index is 1.12. The van der Waals surface area contributed by atoms with Crippen LogP contribution >= 0.6 is 0 Å². The van der Waals surface area contributed by atoms with E-state index in [1.54, 1.807) is 0 Å². The van der Waals surface area contributed by atoms with Crippen LogP contribution in [0.2, 0.25) is 0 Å². The molecule has 1 aromatic carbocycles. The lowest BCUT2D eigenvalue weighted by Gasteiger charge is -2.32. The van der Waals surface area contributed by atoms with Gasteiger partial charge in [0.2, 0.25) is 27.7 Å². The lowest BCUT2D eigenvalue weighted by atomic mass is 9.96. The van der Waals surface area contributed by atoms with E-state index >= 15 is 0 Å². The Morgan fingerprint density at radius 1 is 0.909 bits per heavy atom. The van der Waals surface area contributed by atoms with Gasteiger partial charge in [0, 0.05) is 12.3 Å². The number of para-hydroxylation sites is 2. The van der Waals surface area contributed by atoms with E-state index in [-0.39, 0.29) is 37.3 Å². The predicted molar refractivity (Wildman–Crippen MR) is 202 cm³/mol. The molecule has 4 saturated carbocycles. The summed E-state index contributed by atoms with van der Waals surface area (Å²) in [5.74, 6) is -1.88. The first-order valence-corrected chi connectivity index (χ1v) is 21.8. The Hall–Kier alpha value is -4.27. The summed E-state index contributed by atoms with van der Waals surface area (Å²) in [4.78, 5) is 67.7. The maximum absolute atomic E-state index is 14.8. The summed E-state index contributed by atoms with van der Waals surface area (Å²) < 4.78 is 40.4. The minimum absolute atomic E-state index is 0.0235. The van der Waals surface area contributed by atoms with E-state index in [0.717, 1.165) is 76.1 Å². The van der Waals surface area contributed by atoms with Crippen molar-refractivity contribution in [1.29, 1.82) is 0 Å². The second-order valence-electron chi connectivity index (χ2n) is 16.5. The maximum Gasteiger partial charge on any atom is 0.408 e. The standard InChI is InChI=1S/C40H52N6O8S/c1-2-26-22-40(26,38(49)45-55(51,52)28-19-20-28)44-35(47)32-21-27-23-46(32)37(48)34(25-12-6-7-13-25)43-39(50)54-33-18-10-14-24(33)11-4-3-5-17-31-36(53-27)42-30-16-9-8-15-29(30)41-31/h2,8-9,15-16,24-28,32-34H,1,3-7,10-14,17-23H2,(H,43,50)(H,44,47)(H,45,49)/t24?,26-,27-,32+,33-,34+,40-/m1/s1. The number of ether oxygens (including phenoxy) is 2. The van der Waals surface area contributed by atoms with Gasteiger partial charge in [0.15, 0.2) is 0 Å². The molecule has 5 fully saturated rings. The Bertz CT molecular complexity index is 1950. The van der Waals surface area contributed by atoms with Crippen LogP contribution in [-0.4, -0.2) is 88.7 Å². The molecule has 1 unspecified atom stereocenters. The smallest absolute Gasteiger partial charge is 0.408 e. The molecule has 55 heavy (non-hydrogen) atoms. The summed E-state index contributed by atoms with van der Waals surface area (Å²) in [5.41, 5.74) is 0.603. The molecule has 2 bridgehead atoms. The fraction of sp³-hybridized carbons (Fsp3) is 0.650. The number of carbonyl (C=O) groups is 4. The number of rotatable bonds is 7. The topological polar surface area (TPSA) is 186 Å². The van der Waals surface area contributed by atoms with Crippen molar-refractivity contribution in [3.63, 3.8) is 0 Å². The monoisotopic (exact) mass is 776 g/mol. The zero-order valence-electron chi connectivity index (χ0n) is 31.2. The highest BCUT2D eigenvalue weighted by molar-refractivity contribution is 7.91. The van der Waals surface area contributed by atoms with Gasteiger partial charge in [-0.1, -0.05) is 43.9 Å². The summed E-state index contributed by atoms with van der Waals surface area (Å²) in [6.07, 6.45) is 11.7. The molecule has 296 valence electrons. The largest absolute Gasteiger partial charge is 0.471 e. The molecule has 0 radical (unpaired) electrons. The fourth-order valence-electron chi connectivity index (χ4n) is 9.34. The zero-order chi connectivity index (χ0) is 38.3. The van der Waals surface area contributed by atoms with Crippen molar-refractivity contribution in [1.82, 2.24) is 30.2 Å². The summed E-state index contributed by atoms with van der Waals surface area (Å²) in [7, 11) is -3.89. The summed E-state index contributed by atoms with van der Waals surface area (Å²) in [6, 6.07) is 5.56. The number of amides is 4. The van der Waals surface area contributed by atoms with E-state index in [9.17, 15) is 27.6 Å². The molecule has 0 spiro atoms. The molecule has 14 nitrogen and oxygen atoms in total. The van der Waals surface area contributed by atoms with Gasteiger partial charge in [-0.3, -0.25) is 19.1 Å². The Labute approximate surface area is 322 Å². The highest BCUT2D eigenvalue weighted by Crippen LogP contribution is 2.46. The van der Waals surface area contributed by atoms with Crippen LogP contribution in [0, 0.1) is 17.8 Å². The lowest BCUT2D eigenvalue weighted by Crippen LogP contribution is -2.59. The SMILES string of the molecule is C=C[C@@H]1C[C@]1(NC(=O)[C@@H]1C[C@@H]2CN1C(=O)[C@H](C1CCCC1)NC(=O)O[C@@H]1CCCC1CCCCCc1nc3ccccc3nc1O2)C(=O)NS(=O)(=O)C1CC1. The van der Waals surface area contributed by atoms with Crippen LogP contribution in [0.3, 0.4) is 0 Å². The van der Waals surface area contributed by atoms with E-state index in [4.69, 9.17) is 19.4 Å². The molecule has 3 heterocycles. The first-order chi connectivity index (χ1) is 26.5. The van der Waals surface area contributed by atoms with Gasteiger partial charge in [-0.05, 0) is 94.6 Å². The molecular formula is C40H52N6O8S. The molecule has 7 atom stereocenters. The third kappa shape index (κ3) is 7.90. The van der Waals surface area contributed by atoms with Gasteiger partial charge in [0.1, 0.15) is 35.5 Å². The van der Waals surface area contributed by atoms with Gasteiger partial charge in [0.25, 0.3) is 5.91 Å². The number of nitrogens with one attached hydrogen (secondary N) is 3. The average Bonchev–Trinajstić information content (AvgIpc) is 3.95. The Kier molecular flexibility index (Phi) is 10.5. The highest BCUT2D eigenvalue weighted by Gasteiger charge is 2.62. The van der Waals surface area contributed by atoms with Gasteiger partial charge >= 0.3 is 6.09 Å². The highest BCUT2D eigenvalue weighted by atomic mass is 32.2. The molecule has 8 rings (SSSR count). The first kappa shape index (κ1) is 37.6. The van der Waals surface area contributed by atoms with E-state index in [0.29, 0.717) is 36.4 Å². The number of aromatic nitrogens is 2. The maximum atomic E-state index is 14.8. The third-order valence-corrected chi connectivity index (χ3v) is 14.5. The number of alkyl carbamates (subject to hydrolysis) is 1. The number of aryl methyl sites for hydroxylation is 1. The second-order valence-corrected chi connectivity index (χ2v) is 18.5. The molecule has 1 saturated heterocycles. The van der Waals surface area contributed by atoms with Crippen LogP contribution in [-0.2, 0) is 35.6 Å². The van der Waals surface area contributed by atoms with Crippen LogP contribution in [0.25, 0.3) is 11.0 Å². The lowest BCUT2D eigenvalue weighted by molar-refractivity contribution is -0.142. The predicted octanol–water partition coefficient (Wildman–Crippen LogP) is 4.22. The normalized spacial score (nSPS) is 31.9. The Morgan fingerprint density at radius 2 is 1.62 bits per heavy atom. The average molecular weight is 777 g/mol. The minimum atomic E-state index is -3.89. The third-order valence-electron chi connectivity index (χ3n) is 12.7. The van der Waals surface area contributed by atoms with Crippen LogP contribution in [0.1, 0.15) is 102 Å². The fourth-order valence-corrected chi connectivity index (χ4v) is 10.7. The van der Waals surface area contributed by atoms with Crippen molar-refractivity contribution in [2.24, 2.45) is 17.8 Å². The molecule has 2 aromatic rings. The number of sulfonamides is 1. The number of nitrogens with zero attached hydrogens (tertiary/aromatic N) is 3. The summed E-state index contributed by atoms with van der Waals surface area (Å²) in [5, 5.41) is 5.18. The van der Waals surface area contributed by atoms with E-state index < -0.39 is 68.7 Å². The molecule has 4 aliphatic carbocycles. The number of hydrogen-bond acceptors (Lipinski definition) is 10. The summed E-state index contributed by atoms with van der Waals surface area (Å²) >= 11 is 0. The van der Waals surface area contributed by atoms with E-state index in [1.165, 1.54) is 11.0 Å². The van der Waals surface area contributed by atoms with Crippen LogP contribution < -0.4 is 20.1 Å². The Morgan fingerprint density at radius 3 is 2.35 bits per heavy atom. The number of benzene rings is 1. The second kappa shape index (κ2) is 15.3. The van der Waals surface area contributed by atoms with Crippen LogP contribution in [0.5, 0.6) is 5.88 Å². The zero-order valence-corrected chi connectivity index (χ0v) is 32.1. The van der Waals surface area contributed by atoms with Crippen molar-refractivity contribution in [2.45, 2.75) is 138 Å². The van der Waals surface area contributed by atoms with Crippen LogP contribution in [0.4, 0.5) is 4.79 Å².